The number of nitrogens with two attached hydrogens (primary N) is 2. The van der Waals surface area contributed by atoms with Gasteiger partial charge in [-0.3, -0.25) is 0 Å². The molecule has 0 radical (unpaired) electrons. The van der Waals surface area contributed by atoms with Crippen molar-refractivity contribution in [3.05, 3.63) is 29.8 Å². The lowest BCUT2D eigenvalue weighted by molar-refractivity contribution is -0.137. The van der Waals surface area contributed by atoms with Gasteiger partial charge in [-0.1, -0.05) is 0 Å². The van der Waals surface area contributed by atoms with Crippen LogP contribution in [0, 0.1) is 0 Å². The van der Waals surface area contributed by atoms with Gasteiger partial charge in [0.2, 0.25) is 5.96 Å². The van der Waals surface area contributed by atoms with Crippen LogP contribution in [0.1, 0.15) is 31.7 Å². The summed E-state index contributed by atoms with van der Waals surface area (Å²) in [6.07, 6.45) is -1.15. The van der Waals surface area contributed by atoms with Crippen LogP contribution in [0.25, 0.3) is 0 Å². The second kappa shape index (κ2) is 9.72. The molecular formula is C15H22Cl2F3N5. The first kappa shape index (κ1) is 23.3. The Bertz CT molecular complexity index is 602. The molecule has 1 aromatic rings. The largest absolute Gasteiger partial charge is 0.416 e. The summed E-state index contributed by atoms with van der Waals surface area (Å²) in [5.74, 6) is 0.199. The minimum Gasteiger partial charge on any atom is -0.369 e. The Balaban J connectivity index is 0.00000288. The number of guanidine groups is 2. The summed E-state index contributed by atoms with van der Waals surface area (Å²) >= 11 is 0. The number of likely N-dealkylation sites (tertiary alicyclic amines) is 1. The summed E-state index contributed by atoms with van der Waals surface area (Å²) < 4.78 is 37.5. The van der Waals surface area contributed by atoms with E-state index in [0.717, 1.165) is 37.9 Å². The van der Waals surface area contributed by atoms with Crippen molar-refractivity contribution >= 4 is 42.4 Å². The van der Waals surface area contributed by atoms with E-state index in [9.17, 15) is 13.2 Å². The van der Waals surface area contributed by atoms with Gasteiger partial charge in [0.15, 0.2) is 5.96 Å². The van der Waals surface area contributed by atoms with Crippen molar-refractivity contribution in [3.63, 3.8) is 0 Å². The van der Waals surface area contributed by atoms with Gasteiger partial charge in [0, 0.05) is 12.6 Å². The van der Waals surface area contributed by atoms with Gasteiger partial charge in [-0.25, -0.2) is 4.99 Å². The second-order valence-corrected chi connectivity index (χ2v) is 5.52. The SMILES string of the molecule is CC1CCCCN1/C(N)=N/C(N)=Nc1ccc(C(F)(F)F)cc1.Cl.Cl. The molecule has 1 heterocycles. The number of alkyl halides is 3. The fraction of sp³-hybridized carbons (Fsp3) is 0.467. The van der Waals surface area contributed by atoms with Gasteiger partial charge in [-0.05, 0) is 50.5 Å². The van der Waals surface area contributed by atoms with Gasteiger partial charge in [0.05, 0.1) is 11.3 Å². The van der Waals surface area contributed by atoms with E-state index in [-0.39, 0.29) is 42.8 Å². The highest BCUT2D eigenvalue weighted by atomic mass is 35.5. The molecule has 0 aromatic heterocycles. The van der Waals surface area contributed by atoms with Crippen LogP contribution in [0.15, 0.2) is 34.3 Å². The van der Waals surface area contributed by atoms with E-state index in [1.165, 1.54) is 12.1 Å². The van der Waals surface area contributed by atoms with Crippen LogP contribution in [0.5, 0.6) is 0 Å². The molecule has 0 spiro atoms. The van der Waals surface area contributed by atoms with E-state index in [4.69, 9.17) is 11.5 Å². The molecule has 1 atom stereocenters. The van der Waals surface area contributed by atoms with Gasteiger partial charge < -0.3 is 16.4 Å². The molecule has 1 fully saturated rings. The van der Waals surface area contributed by atoms with Crippen molar-refractivity contribution in [2.24, 2.45) is 21.5 Å². The van der Waals surface area contributed by atoms with Crippen molar-refractivity contribution in [2.45, 2.75) is 38.4 Å². The van der Waals surface area contributed by atoms with Crippen LogP contribution in [0.3, 0.4) is 0 Å². The number of piperidine rings is 1. The molecule has 1 saturated heterocycles. The first-order valence-corrected chi connectivity index (χ1v) is 7.39. The van der Waals surface area contributed by atoms with E-state index in [1.54, 1.807) is 0 Å². The minimum atomic E-state index is -4.37. The Morgan fingerprint density at radius 3 is 2.24 bits per heavy atom. The maximum atomic E-state index is 12.5. The van der Waals surface area contributed by atoms with Gasteiger partial charge in [-0.2, -0.15) is 18.2 Å². The molecule has 0 amide bonds. The number of hydrogen-bond acceptors (Lipinski definition) is 1. The molecule has 1 aliphatic heterocycles. The number of hydrogen-bond donors (Lipinski definition) is 2. The molecule has 0 aliphatic carbocycles. The number of halogens is 5. The lowest BCUT2D eigenvalue weighted by Crippen LogP contribution is -2.46. The number of benzene rings is 1. The van der Waals surface area contributed by atoms with Crippen molar-refractivity contribution in [1.82, 2.24) is 4.90 Å². The van der Waals surface area contributed by atoms with Crippen LogP contribution in [-0.4, -0.2) is 29.4 Å². The monoisotopic (exact) mass is 399 g/mol. The summed E-state index contributed by atoms with van der Waals surface area (Å²) in [7, 11) is 0. The summed E-state index contributed by atoms with van der Waals surface area (Å²) in [5.41, 5.74) is 11.2. The molecule has 142 valence electrons. The first-order chi connectivity index (χ1) is 10.8. The second-order valence-electron chi connectivity index (χ2n) is 5.52. The van der Waals surface area contributed by atoms with Crippen molar-refractivity contribution < 1.29 is 13.2 Å². The number of nitrogens with zero attached hydrogens (tertiary/aromatic N) is 3. The summed E-state index contributed by atoms with van der Waals surface area (Å²) in [6.45, 7) is 2.87. The van der Waals surface area contributed by atoms with E-state index in [0.29, 0.717) is 5.69 Å². The molecule has 1 aromatic carbocycles. The lowest BCUT2D eigenvalue weighted by atomic mass is 10.0. The molecule has 10 heteroatoms. The average Bonchev–Trinajstić information content (AvgIpc) is 2.47. The van der Waals surface area contributed by atoms with E-state index < -0.39 is 11.7 Å². The van der Waals surface area contributed by atoms with Crippen LogP contribution < -0.4 is 11.5 Å². The highest BCUT2D eigenvalue weighted by molar-refractivity contribution is 5.94. The topological polar surface area (TPSA) is 80.0 Å². The predicted molar refractivity (Wildman–Crippen MR) is 98.9 cm³/mol. The van der Waals surface area contributed by atoms with Crippen molar-refractivity contribution in [1.29, 1.82) is 0 Å². The smallest absolute Gasteiger partial charge is 0.369 e. The molecule has 1 unspecified atom stereocenters. The maximum absolute atomic E-state index is 12.5. The molecule has 0 saturated carbocycles. The summed E-state index contributed by atoms with van der Waals surface area (Å²) in [6, 6.07) is 4.67. The molecule has 2 rings (SSSR count). The third kappa shape index (κ3) is 6.62. The number of aliphatic imine (C=N–C) groups is 2. The average molecular weight is 400 g/mol. The van der Waals surface area contributed by atoms with E-state index in [1.807, 2.05) is 4.90 Å². The van der Waals surface area contributed by atoms with Gasteiger partial charge >= 0.3 is 6.18 Å². The standard InChI is InChI=1S/C15H20F3N5.2ClH/c1-10-4-2-3-9-23(10)14(20)22-13(19)21-12-7-5-11(6-8-12)15(16,17)18;;/h5-8,10H,2-4,9H2,1H3,(H4,19,20,21,22);2*1H. The third-order valence-electron chi connectivity index (χ3n) is 3.76. The van der Waals surface area contributed by atoms with E-state index in [2.05, 4.69) is 16.9 Å². The molecule has 1 aliphatic rings. The molecule has 4 N–H and O–H groups in total. The normalized spacial score (nSPS) is 19.0. The Labute approximate surface area is 157 Å². The highest BCUT2D eigenvalue weighted by Crippen LogP contribution is 2.30. The Hall–Kier alpha value is -1.67. The zero-order valence-electron chi connectivity index (χ0n) is 13.7. The van der Waals surface area contributed by atoms with Gasteiger partial charge in [-0.15, -0.1) is 24.8 Å². The Morgan fingerprint density at radius 1 is 1.12 bits per heavy atom. The van der Waals surface area contributed by atoms with Crippen LogP contribution in [-0.2, 0) is 6.18 Å². The zero-order valence-corrected chi connectivity index (χ0v) is 15.3. The van der Waals surface area contributed by atoms with Gasteiger partial charge in [0.25, 0.3) is 0 Å². The van der Waals surface area contributed by atoms with Crippen molar-refractivity contribution in [2.75, 3.05) is 6.54 Å². The van der Waals surface area contributed by atoms with Gasteiger partial charge in [0.1, 0.15) is 0 Å². The van der Waals surface area contributed by atoms with Crippen LogP contribution >= 0.6 is 24.8 Å². The summed E-state index contributed by atoms with van der Waals surface area (Å²) in [4.78, 5) is 9.98. The fourth-order valence-electron chi connectivity index (χ4n) is 2.50. The molecular weight excluding hydrogens is 378 g/mol. The highest BCUT2D eigenvalue weighted by Gasteiger charge is 2.29. The molecule has 5 nitrogen and oxygen atoms in total. The first-order valence-electron chi connectivity index (χ1n) is 7.39. The van der Waals surface area contributed by atoms with Crippen molar-refractivity contribution in [3.8, 4) is 0 Å². The quantitative estimate of drug-likeness (QED) is 0.558. The van der Waals surface area contributed by atoms with E-state index >= 15 is 0 Å². The lowest BCUT2D eigenvalue weighted by Gasteiger charge is -2.34. The maximum Gasteiger partial charge on any atom is 0.416 e. The minimum absolute atomic E-state index is 0. The summed E-state index contributed by atoms with van der Waals surface area (Å²) in [5, 5.41) is 0. The molecule has 0 bridgehead atoms. The predicted octanol–water partition coefficient (Wildman–Crippen LogP) is 3.68. The number of rotatable bonds is 1. The molecule has 25 heavy (non-hydrogen) atoms. The Morgan fingerprint density at radius 2 is 1.72 bits per heavy atom. The van der Waals surface area contributed by atoms with Crippen LogP contribution in [0.2, 0.25) is 0 Å². The zero-order chi connectivity index (χ0) is 17.0. The fourth-order valence-corrected chi connectivity index (χ4v) is 2.50. The Kier molecular flexibility index (Phi) is 9.07. The van der Waals surface area contributed by atoms with Crippen LogP contribution in [0.4, 0.5) is 18.9 Å². The third-order valence-corrected chi connectivity index (χ3v) is 3.76.